The van der Waals surface area contributed by atoms with Crippen LogP contribution >= 0.6 is 0 Å². The lowest BCUT2D eigenvalue weighted by atomic mass is 9.53. The maximum Gasteiger partial charge on any atom is 0.115 e. The van der Waals surface area contributed by atoms with E-state index in [0.29, 0.717) is 29.4 Å². The summed E-state index contributed by atoms with van der Waals surface area (Å²) in [6.07, 6.45) is 10.4. The number of aliphatic hydroxyl groups is 1. The van der Waals surface area contributed by atoms with Crippen molar-refractivity contribution in [3.63, 3.8) is 0 Å². The third kappa shape index (κ3) is 3.42. The molecule has 2 saturated carbocycles. The minimum atomic E-state index is -0.114. The number of phenols is 1. The van der Waals surface area contributed by atoms with Crippen molar-refractivity contribution in [3.8, 4) is 5.75 Å². The number of benzene rings is 1. The first kappa shape index (κ1) is 19.3. The largest absolute Gasteiger partial charge is 0.508 e. The standard InChI is InChI=1S/C24H36O3/c1-24-12-11-19-18-8-7-17(25)15-20(18)16(6-4-3-5-13-27-2)14-21(19)22(24)9-10-23(24)26/h7-8,15-16,19,21-23,25-26H,3-6,9-14H2,1-2H3/t16-,19-,21-,22+,23+,24+/m1/s1. The van der Waals surface area contributed by atoms with Crippen molar-refractivity contribution in [1.29, 1.82) is 0 Å². The van der Waals surface area contributed by atoms with Crippen LogP contribution in [0.25, 0.3) is 0 Å². The minimum Gasteiger partial charge on any atom is -0.508 e. The molecule has 0 saturated heterocycles. The molecular formula is C24H36O3. The summed E-state index contributed by atoms with van der Waals surface area (Å²) in [5.74, 6) is 2.93. The van der Waals surface area contributed by atoms with Crippen molar-refractivity contribution in [2.45, 2.75) is 82.7 Å². The maximum absolute atomic E-state index is 10.7. The van der Waals surface area contributed by atoms with Crippen molar-refractivity contribution in [2.24, 2.45) is 17.3 Å². The summed E-state index contributed by atoms with van der Waals surface area (Å²) in [5, 5.41) is 20.8. The summed E-state index contributed by atoms with van der Waals surface area (Å²) >= 11 is 0. The summed E-state index contributed by atoms with van der Waals surface area (Å²) in [7, 11) is 1.77. The first-order valence-corrected chi connectivity index (χ1v) is 11.0. The second-order valence-electron chi connectivity index (χ2n) is 9.60. The van der Waals surface area contributed by atoms with Gasteiger partial charge in [0.2, 0.25) is 0 Å². The van der Waals surface area contributed by atoms with Crippen LogP contribution < -0.4 is 0 Å². The molecule has 0 radical (unpaired) electrons. The predicted molar refractivity (Wildman–Crippen MR) is 108 cm³/mol. The van der Waals surface area contributed by atoms with Crippen LogP contribution in [0.1, 0.15) is 87.7 Å². The highest BCUT2D eigenvalue weighted by Gasteiger charge is 2.55. The second kappa shape index (κ2) is 7.75. The van der Waals surface area contributed by atoms with Crippen molar-refractivity contribution in [1.82, 2.24) is 0 Å². The van der Waals surface area contributed by atoms with Gasteiger partial charge in [-0.1, -0.05) is 25.8 Å². The number of phenolic OH excluding ortho intramolecular Hbond substituents is 1. The summed E-state index contributed by atoms with van der Waals surface area (Å²) in [4.78, 5) is 0. The van der Waals surface area contributed by atoms with Gasteiger partial charge in [-0.3, -0.25) is 0 Å². The molecule has 2 N–H and O–H groups in total. The SMILES string of the molecule is COCCCCC[C@@H]1C[C@@H]2[C@H](CC[C@]3(C)[C@@H](O)CC[C@@H]23)c2ccc(O)cc21. The molecule has 3 aliphatic rings. The van der Waals surface area contributed by atoms with Crippen LogP contribution in [0.2, 0.25) is 0 Å². The van der Waals surface area contributed by atoms with Crippen molar-refractivity contribution < 1.29 is 14.9 Å². The third-order valence-electron chi connectivity index (χ3n) is 8.25. The second-order valence-corrected chi connectivity index (χ2v) is 9.60. The van der Waals surface area contributed by atoms with Crippen molar-refractivity contribution in [2.75, 3.05) is 13.7 Å². The van der Waals surface area contributed by atoms with Crippen LogP contribution in [0.3, 0.4) is 0 Å². The fourth-order valence-electron chi connectivity index (χ4n) is 6.77. The van der Waals surface area contributed by atoms with E-state index in [1.54, 1.807) is 7.11 Å². The van der Waals surface area contributed by atoms with Gasteiger partial charge in [-0.15, -0.1) is 0 Å². The Kier molecular flexibility index (Phi) is 5.53. The lowest BCUT2D eigenvalue weighted by Gasteiger charge is -2.51. The molecule has 0 amide bonds. The number of aliphatic hydroxyl groups excluding tert-OH is 1. The number of ether oxygens (including phenoxy) is 1. The Balaban J connectivity index is 1.57. The van der Waals surface area contributed by atoms with Crippen LogP contribution in [-0.2, 0) is 4.74 Å². The molecule has 3 nitrogen and oxygen atoms in total. The van der Waals surface area contributed by atoms with Gasteiger partial charge in [0.05, 0.1) is 6.10 Å². The summed E-state index contributed by atoms with van der Waals surface area (Å²) < 4.78 is 5.19. The normalized spacial score (nSPS) is 37.5. The van der Waals surface area contributed by atoms with Gasteiger partial charge in [0.15, 0.2) is 0 Å². The molecule has 4 rings (SSSR count). The highest BCUT2D eigenvalue weighted by atomic mass is 16.5. The first-order valence-electron chi connectivity index (χ1n) is 11.0. The van der Waals surface area contributed by atoms with Crippen LogP contribution in [0, 0.1) is 17.3 Å². The Hall–Kier alpha value is -1.06. The molecule has 0 unspecified atom stereocenters. The Labute approximate surface area is 164 Å². The van der Waals surface area contributed by atoms with Gasteiger partial charge in [-0.05, 0) is 97.3 Å². The van der Waals surface area contributed by atoms with E-state index in [-0.39, 0.29) is 11.5 Å². The average molecular weight is 373 g/mol. The molecule has 0 aromatic heterocycles. The lowest BCUT2D eigenvalue weighted by Crippen LogP contribution is -2.44. The first-order chi connectivity index (χ1) is 13.0. The fraction of sp³-hybridized carbons (Fsp3) is 0.750. The molecule has 0 heterocycles. The number of methoxy groups -OCH3 is 1. The molecule has 150 valence electrons. The summed E-state index contributed by atoms with van der Waals surface area (Å²) in [6.45, 7) is 3.20. The number of hydrogen-bond acceptors (Lipinski definition) is 3. The van der Waals surface area contributed by atoms with Crippen molar-refractivity contribution >= 4 is 0 Å². The van der Waals surface area contributed by atoms with Gasteiger partial charge in [-0.2, -0.15) is 0 Å². The Morgan fingerprint density at radius 2 is 1.96 bits per heavy atom. The van der Waals surface area contributed by atoms with E-state index in [4.69, 9.17) is 4.74 Å². The van der Waals surface area contributed by atoms with E-state index in [0.717, 1.165) is 25.9 Å². The van der Waals surface area contributed by atoms with Gasteiger partial charge >= 0.3 is 0 Å². The fourth-order valence-corrected chi connectivity index (χ4v) is 6.77. The molecule has 0 aliphatic heterocycles. The molecular weight excluding hydrogens is 336 g/mol. The zero-order valence-electron chi connectivity index (χ0n) is 17.0. The minimum absolute atomic E-state index is 0.114. The van der Waals surface area contributed by atoms with E-state index in [9.17, 15) is 10.2 Å². The predicted octanol–water partition coefficient (Wildman–Crippen LogP) is 5.36. The monoisotopic (exact) mass is 372 g/mol. The molecule has 2 fully saturated rings. The molecule has 0 spiro atoms. The van der Waals surface area contributed by atoms with Crippen LogP contribution in [-0.4, -0.2) is 30.0 Å². The Bertz CT molecular complexity index is 657. The number of rotatable bonds is 6. The Morgan fingerprint density at radius 1 is 1.11 bits per heavy atom. The molecule has 6 atom stereocenters. The van der Waals surface area contributed by atoms with E-state index < -0.39 is 0 Å². The Morgan fingerprint density at radius 3 is 2.78 bits per heavy atom. The van der Waals surface area contributed by atoms with E-state index >= 15 is 0 Å². The molecule has 1 aromatic rings. The molecule has 3 aliphatic carbocycles. The zero-order chi connectivity index (χ0) is 19.0. The van der Waals surface area contributed by atoms with E-state index in [1.165, 1.54) is 49.7 Å². The highest BCUT2D eigenvalue weighted by molar-refractivity contribution is 5.42. The van der Waals surface area contributed by atoms with Gasteiger partial charge in [0.1, 0.15) is 5.75 Å². The summed E-state index contributed by atoms with van der Waals surface area (Å²) in [6, 6.07) is 6.13. The molecule has 0 bridgehead atoms. The third-order valence-corrected chi connectivity index (χ3v) is 8.25. The molecule has 27 heavy (non-hydrogen) atoms. The topological polar surface area (TPSA) is 49.7 Å². The van der Waals surface area contributed by atoms with Gasteiger partial charge in [0, 0.05) is 13.7 Å². The highest BCUT2D eigenvalue weighted by Crippen LogP contribution is 2.62. The van der Waals surface area contributed by atoms with Crippen molar-refractivity contribution in [3.05, 3.63) is 29.3 Å². The number of fused-ring (bicyclic) bond motifs is 5. The van der Waals surface area contributed by atoms with E-state index in [2.05, 4.69) is 13.0 Å². The number of aromatic hydroxyl groups is 1. The smallest absolute Gasteiger partial charge is 0.115 e. The lowest BCUT2D eigenvalue weighted by molar-refractivity contribution is -0.0252. The van der Waals surface area contributed by atoms with Gasteiger partial charge in [-0.25, -0.2) is 0 Å². The van der Waals surface area contributed by atoms with Crippen LogP contribution in [0.4, 0.5) is 0 Å². The maximum atomic E-state index is 10.7. The quantitative estimate of drug-likeness (QED) is 0.661. The average Bonchev–Trinajstić information content (AvgIpc) is 2.96. The molecule has 1 aromatic carbocycles. The van der Waals surface area contributed by atoms with Crippen LogP contribution in [0.5, 0.6) is 5.75 Å². The van der Waals surface area contributed by atoms with Gasteiger partial charge < -0.3 is 14.9 Å². The van der Waals surface area contributed by atoms with Crippen LogP contribution in [0.15, 0.2) is 18.2 Å². The van der Waals surface area contributed by atoms with E-state index in [1.807, 2.05) is 12.1 Å². The number of hydrogen-bond donors (Lipinski definition) is 2. The zero-order valence-corrected chi connectivity index (χ0v) is 17.0. The van der Waals surface area contributed by atoms with Gasteiger partial charge in [0.25, 0.3) is 0 Å². The molecule has 3 heteroatoms. The summed E-state index contributed by atoms with van der Waals surface area (Å²) in [5.41, 5.74) is 3.03. The number of unbranched alkanes of at least 4 members (excludes halogenated alkanes) is 2.